The summed E-state index contributed by atoms with van der Waals surface area (Å²) in [6, 6.07) is 22.2. The molecule has 0 atom stereocenters. The smallest absolute Gasteiger partial charge is 0.460 e. The first-order chi connectivity index (χ1) is 34.9. The lowest BCUT2D eigenvalue weighted by Crippen LogP contribution is -2.63. The first-order valence-electron chi connectivity index (χ1n) is 23.8. The van der Waals surface area contributed by atoms with Gasteiger partial charge >= 0.3 is 23.3 Å². The lowest BCUT2D eigenvalue weighted by atomic mass is 9.81. The standard InChI is InChI=1S/C49H55Br2N4S3.C4HF9O3S/c1-8-11-28-54-41-24-22-37(50)30-39(41)48(4,5)43(54)26-20-35-14-13-15-36(21-27-44-49(6,7)40-31-38(51)23-25-42(40)55(44)29-12-9-2)45(35)57-47-53-52-46(58-47)56-32-34-18-16-33(10-3)17-19-34;5-1(6,3(9,10)11)2(7,8)4(12,13)17(14,15)16/h10,16-27,30-31H,3,8-9,11-15,28-29,32H2,1-2,4-7H3;(H,14,15,16)/q+1;/p-1. The van der Waals surface area contributed by atoms with Gasteiger partial charge in [-0.1, -0.05) is 156 Å². The molecule has 3 aromatic carbocycles. The molecule has 3 heterocycles. The van der Waals surface area contributed by atoms with Crippen LogP contribution < -0.4 is 4.90 Å². The number of fused-ring (bicyclic) bond motifs is 2. The Morgan fingerprint density at radius 1 is 0.813 bits per heavy atom. The van der Waals surface area contributed by atoms with Gasteiger partial charge < -0.3 is 9.45 Å². The van der Waals surface area contributed by atoms with Crippen LogP contribution in [0, 0.1) is 0 Å². The van der Waals surface area contributed by atoms with Crippen LogP contribution in [0.15, 0.2) is 131 Å². The van der Waals surface area contributed by atoms with Crippen molar-refractivity contribution >= 4 is 100 Å². The average molecular weight is 1260 g/mol. The summed E-state index contributed by atoms with van der Waals surface area (Å²) in [7, 11) is -7.42. The van der Waals surface area contributed by atoms with Gasteiger partial charge in [-0.05, 0) is 104 Å². The summed E-state index contributed by atoms with van der Waals surface area (Å²) in [5.41, 5.74) is 13.1. The molecule has 0 spiro atoms. The van der Waals surface area contributed by atoms with Gasteiger partial charge in [0.05, 0.1) is 5.41 Å². The second-order valence-electron chi connectivity index (χ2n) is 19.0. The van der Waals surface area contributed by atoms with Crippen molar-refractivity contribution in [3.63, 3.8) is 0 Å². The predicted molar refractivity (Wildman–Crippen MR) is 290 cm³/mol. The van der Waals surface area contributed by atoms with Crippen LogP contribution in [0.1, 0.15) is 109 Å². The highest BCUT2D eigenvalue weighted by atomic mass is 79.9. The van der Waals surface area contributed by atoms with Crippen LogP contribution in [-0.2, 0) is 26.7 Å². The SMILES string of the molecule is C=Cc1ccc(CSc2nnc(SC3=C(/C=C/C4=[N+](CCCC)c5ccc(Br)cc5C4(C)C)CCC/C3=C\C=C3\N(CCCC)c4ccc(Br)cc4C3(C)C)s2)cc1.O=S(=O)([O-])C(F)(F)C(F)(F)C(F)(F)C(F)(F)F. The first kappa shape index (κ1) is 60.6. The van der Waals surface area contributed by atoms with Crippen LogP contribution in [0.4, 0.5) is 50.9 Å². The lowest BCUT2D eigenvalue weighted by molar-refractivity contribution is -0.438. The molecule has 0 amide bonds. The van der Waals surface area contributed by atoms with Crippen LogP contribution in [0.3, 0.4) is 0 Å². The Morgan fingerprint density at radius 3 is 2.05 bits per heavy atom. The van der Waals surface area contributed by atoms with E-state index in [0.717, 1.165) is 87.0 Å². The topological polar surface area (TPSA) is 89.2 Å². The molecule has 4 aromatic rings. The Labute approximate surface area is 461 Å². The van der Waals surface area contributed by atoms with E-state index in [9.17, 15) is 52.5 Å². The minimum Gasteiger partial charge on any atom is -0.743 e. The number of rotatable bonds is 18. The van der Waals surface area contributed by atoms with Crippen molar-refractivity contribution in [1.29, 1.82) is 0 Å². The molecule has 406 valence electrons. The summed E-state index contributed by atoms with van der Waals surface area (Å²) in [5, 5.41) is 2.33. The Hall–Kier alpha value is -3.67. The molecular weight excluding hydrogens is 1200 g/mol. The number of anilines is 1. The highest BCUT2D eigenvalue weighted by Gasteiger charge is 2.83. The maximum atomic E-state index is 12.2. The van der Waals surface area contributed by atoms with E-state index < -0.39 is 33.4 Å². The second-order valence-corrected chi connectivity index (χ2v) is 25.8. The molecule has 1 aliphatic carbocycles. The first-order valence-corrected chi connectivity index (χ1v) is 29.4. The molecule has 0 saturated carbocycles. The molecule has 75 heavy (non-hydrogen) atoms. The van der Waals surface area contributed by atoms with E-state index in [-0.39, 0.29) is 10.8 Å². The summed E-state index contributed by atoms with van der Waals surface area (Å²) in [6.07, 6.45) is 12.3. The van der Waals surface area contributed by atoms with Crippen molar-refractivity contribution in [1.82, 2.24) is 10.2 Å². The van der Waals surface area contributed by atoms with Crippen molar-refractivity contribution in [2.45, 2.75) is 135 Å². The zero-order chi connectivity index (χ0) is 55.5. The zero-order valence-electron chi connectivity index (χ0n) is 41.7. The summed E-state index contributed by atoms with van der Waals surface area (Å²) in [5.74, 6) is -14.0. The minimum atomic E-state index is -7.43. The van der Waals surface area contributed by atoms with Gasteiger partial charge in [-0.15, -0.1) is 10.2 Å². The largest absolute Gasteiger partial charge is 0.743 e. The van der Waals surface area contributed by atoms with Gasteiger partial charge in [0, 0.05) is 67.1 Å². The quantitative estimate of drug-likeness (QED) is 0.0421. The third-order valence-electron chi connectivity index (χ3n) is 13.1. The van der Waals surface area contributed by atoms with E-state index in [2.05, 4.69) is 180 Å². The van der Waals surface area contributed by atoms with Gasteiger partial charge in [0.15, 0.2) is 24.5 Å². The number of aromatic nitrogens is 2. The van der Waals surface area contributed by atoms with Crippen LogP contribution in [-0.4, -0.2) is 69.8 Å². The third-order valence-corrected chi connectivity index (χ3v) is 18.4. The molecule has 0 radical (unpaired) electrons. The van der Waals surface area contributed by atoms with E-state index in [0.29, 0.717) is 0 Å². The highest BCUT2D eigenvalue weighted by molar-refractivity contribution is 9.10. The van der Waals surface area contributed by atoms with Crippen molar-refractivity contribution in [2.75, 3.05) is 18.0 Å². The van der Waals surface area contributed by atoms with Crippen molar-refractivity contribution < 1.29 is 57.1 Å². The Balaban J connectivity index is 0.000000462. The molecule has 1 aromatic heterocycles. The fourth-order valence-electron chi connectivity index (χ4n) is 8.92. The minimum absolute atomic E-state index is 0.119. The molecule has 7 nitrogen and oxygen atoms in total. The van der Waals surface area contributed by atoms with Gasteiger partial charge in [0.1, 0.15) is 6.54 Å². The van der Waals surface area contributed by atoms with Crippen LogP contribution in [0.25, 0.3) is 6.08 Å². The zero-order valence-corrected chi connectivity index (χ0v) is 48.2. The Kier molecular flexibility index (Phi) is 19.2. The van der Waals surface area contributed by atoms with Crippen LogP contribution in [0.2, 0.25) is 0 Å². The summed E-state index contributed by atoms with van der Waals surface area (Å²) < 4.78 is 142. The van der Waals surface area contributed by atoms with E-state index >= 15 is 0 Å². The number of halogens is 11. The van der Waals surface area contributed by atoms with Gasteiger partial charge in [0.2, 0.25) is 5.69 Å². The lowest BCUT2D eigenvalue weighted by Gasteiger charge is -2.34. The summed E-state index contributed by atoms with van der Waals surface area (Å²) in [6.45, 7) is 20.0. The van der Waals surface area contributed by atoms with Gasteiger partial charge in [-0.2, -0.15) is 44.1 Å². The highest BCUT2D eigenvalue weighted by Crippen LogP contribution is 2.55. The number of thioether (sulfide) groups is 2. The third kappa shape index (κ3) is 12.8. The molecule has 0 bridgehead atoms. The molecule has 0 N–H and O–H groups in total. The summed E-state index contributed by atoms with van der Waals surface area (Å²) in [4.78, 5) is 3.89. The maximum Gasteiger partial charge on any atom is 0.460 e. The van der Waals surface area contributed by atoms with E-state index in [4.69, 9.17) is 5.10 Å². The fraction of sp³-hybridized carbons (Fsp3) is 0.415. The van der Waals surface area contributed by atoms with Gasteiger partial charge in [-0.3, -0.25) is 0 Å². The van der Waals surface area contributed by atoms with Gasteiger partial charge in [-0.25, -0.2) is 8.42 Å². The fourth-order valence-corrected chi connectivity index (χ4v) is 13.3. The predicted octanol–water partition coefficient (Wildman–Crippen LogP) is 17.3. The molecule has 0 saturated heterocycles. The maximum absolute atomic E-state index is 12.2. The van der Waals surface area contributed by atoms with E-state index in [1.54, 1.807) is 34.9 Å². The molecular formula is C53H55Br2F9N4O3S4. The molecule has 0 fully saturated rings. The van der Waals surface area contributed by atoms with E-state index in [1.807, 2.05) is 6.08 Å². The number of hydrogen-bond donors (Lipinski definition) is 0. The summed E-state index contributed by atoms with van der Waals surface area (Å²) >= 11 is 12.8. The van der Waals surface area contributed by atoms with Gasteiger partial charge in [0.25, 0.3) is 0 Å². The van der Waals surface area contributed by atoms with Crippen LogP contribution in [0.5, 0.6) is 0 Å². The average Bonchev–Trinajstić information content (AvgIpc) is 3.94. The number of allylic oxidation sites excluding steroid dienone is 7. The Bertz CT molecular complexity index is 3040. The molecule has 3 aliphatic rings. The number of hydrogen-bond acceptors (Lipinski definition) is 9. The van der Waals surface area contributed by atoms with E-state index in [1.165, 1.54) is 55.5 Å². The Morgan fingerprint density at radius 2 is 1.44 bits per heavy atom. The molecule has 22 heteroatoms. The van der Waals surface area contributed by atoms with Crippen LogP contribution >= 0.6 is 66.7 Å². The molecule has 0 unspecified atom stereocenters. The normalized spacial score (nSPS) is 18.0. The second kappa shape index (κ2) is 23.7. The number of benzene rings is 3. The van der Waals surface area contributed by atoms with Crippen molar-refractivity contribution in [3.05, 3.63) is 144 Å². The van der Waals surface area contributed by atoms with Crippen molar-refractivity contribution in [3.8, 4) is 0 Å². The monoisotopic (exact) mass is 1250 g/mol. The number of nitrogens with zero attached hydrogens (tertiary/aromatic N) is 4. The molecule has 2 aliphatic heterocycles. The number of unbranched alkanes of at least 4 members (excludes halogenated alkanes) is 2. The number of alkyl halides is 9. The van der Waals surface area contributed by atoms with Crippen molar-refractivity contribution in [2.24, 2.45) is 0 Å². The molecule has 7 rings (SSSR count).